The molecule has 1 aliphatic heterocycles. The van der Waals surface area contributed by atoms with Gasteiger partial charge in [0, 0.05) is 13.2 Å². The molecular formula is C22H23Cl2N3O2. The summed E-state index contributed by atoms with van der Waals surface area (Å²) in [4.78, 5) is 17.5. The van der Waals surface area contributed by atoms with Crippen molar-refractivity contribution in [2.75, 3.05) is 6.61 Å². The molecule has 1 saturated heterocycles. The van der Waals surface area contributed by atoms with Gasteiger partial charge in [-0.3, -0.25) is 4.79 Å². The van der Waals surface area contributed by atoms with Gasteiger partial charge in [-0.05, 0) is 49.1 Å². The second-order valence-electron chi connectivity index (χ2n) is 7.26. The molecule has 0 radical (unpaired) electrons. The summed E-state index contributed by atoms with van der Waals surface area (Å²) in [5.74, 6) is 0.758. The van der Waals surface area contributed by atoms with Crippen molar-refractivity contribution >= 4 is 40.1 Å². The first-order valence-corrected chi connectivity index (χ1v) is 10.6. The van der Waals surface area contributed by atoms with Gasteiger partial charge in [0.25, 0.3) is 0 Å². The number of benzene rings is 2. The number of rotatable bonds is 6. The third-order valence-corrected chi connectivity index (χ3v) is 6.01. The summed E-state index contributed by atoms with van der Waals surface area (Å²) < 4.78 is 7.68. The van der Waals surface area contributed by atoms with Gasteiger partial charge in [0.2, 0.25) is 5.91 Å². The third-order valence-electron chi connectivity index (χ3n) is 5.27. The highest BCUT2D eigenvalue weighted by Gasteiger charge is 2.27. The predicted octanol–water partition coefficient (Wildman–Crippen LogP) is 5.14. The van der Waals surface area contributed by atoms with Gasteiger partial charge in [-0.15, -0.1) is 0 Å². The highest BCUT2D eigenvalue weighted by molar-refractivity contribution is 6.42. The fraction of sp³-hybridized carbons (Fsp3) is 0.364. The summed E-state index contributed by atoms with van der Waals surface area (Å²) >= 11 is 12.3. The smallest absolute Gasteiger partial charge is 0.249 e. The van der Waals surface area contributed by atoms with Gasteiger partial charge in [-0.25, -0.2) is 4.98 Å². The van der Waals surface area contributed by atoms with Crippen molar-refractivity contribution in [1.29, 1.82) is 0 Å². The Bertz CT molecular complexity index is 1030. The summed E-state index contributed by atoms with van der Waals surface area (Å²) in [6.07, 6.45) is 2.05. The van der Waals surface area contributed by atoms with Crippen molar-refractivity contribution < 1.29 is 9.53 Å². The zero-order valence-corrected chi connectivity index (χ0v) is 17.7. The molecule has 4 rings (SSSR count). The number of hydrogen-bond donors (Lipinski definition) is 1. The van der Waals surface area contributed by atoms with Crippen LogP contribution in [-0.4, -0.2) is 28.2 Å². The summed E-state index contributed by atoms with van der Waals surface area (Å²) in [6, 6.07) is 13.4. The fourth-order valence-electron chi connectivity index (χ4n) is 3.75. The molecule has 2 unspecified atom stereocenters. The van der Waals surface area contributed by atoms with Gasteiger partial charge in [0.05, 0.1) is 27.1 Å². The van der Waals surface area contributed by atoms with E-state index in [1.165, 1.54) is 0 Å². The Morgan fingerprint density at radius 3 is 2.83 bits per heavy atom. The third kappa shape index (κ3) is 4.27. The lowest BCUT2D eigenvalue weighted by molar-refractivity contribution is -0.130. The summed E-state index contributed by atoms with van der Waals surface area (Å²) in [7, 11) is 0. The molecule has 0 spiro atoms. The van der Waals surface area contributed by atoms with Crippen molar-refractivity contribution in [1.82, 2.24) is 14.9 Å². The molecular weight excluding hydrogens is 409 g/mol. The van der Waals surface area contributed by atoms with Crippen LogP contribution in [-0.2, 0) is 16.1 Å². The van der Waals surface area contributed by atoms with Crippen LogP contribution < -0.4 is 5.32 Å². The quantitative estimate of drug-likeness (QED) is 0.587. The van der Waals surface area contributed by atoms with Crippen molar-refractivity contribution in [3.05, 3.63) is 63.9 Å². The molecule has 0 aliphatic carbocycles. The van der Waals surface area contributed by atoms with Crippen LogP contribution >= 0.6 is 23.2 Å². The Kier molecular flexibility index (Phi) is 6.09. The van der Waals surface area contributed by atoms with Crippen LogP contribution in [0.3, 0.4) is 0 Å². The number of ether oxygens (including phenoxy) is 1. The van der Waals surface area contributed by atoms with E-state index >= 15 is 0 Å². The van der Waals surface area contributed by atoms with Crippen molar-refractivity contribution in [2.45, 2.75) is 44.9 Å². The number of fused-ring (bicyclic) bond motifs is 1. The Labute approximate surface area is 180 Å². The van der Waals surface area contributed by atoms with Crippen LogP contribution in [0.25, 0.3) is 11.0 Å². The normalized spacial score (nSPS) is 17.6. The molecule has 0 bridgehead atoms. The monoisotopic (exact) mass is 431 g/mol. The number of amides is 1. The maximum atomic E-state index is 12.6. The standard InChI is InChI=1S/C22H23Cl2N3O2/c1-2-17(26-22(28)20-8-5-11-29-20)21-25-18-6-3-4-7-19(18)27(21)13-14-9-10-15(23)16(24)12-14/h3-4,6-7,9-10,12,17,20H,2,5,8,11,13H2,1H3,(H,26,28). The van der Waals surface area contributed by atoms with Crippen molar-refractivity contribution in [2.24, 2.45) is 0 Å². The number of hydrogen-bond acceptors (Lipinski definition) is 3. The number of halogens is 2. The van der Waals surface area contributed by atoms with E-state index in [2.05, 4.69) is 9.88 Å². The average molecular weight is 432 g/mol. The molecule has 1 aromatic heterocycles. The van der Waals surface area contributed by atoms with Gasteiger partial charge < -0.3 is 14.6 Å². The largest absolute Gasteiger partial charge is 0.368 e. The maximum absolute atomic E-state index is 12.6. The Balaban J connectivity index is 1.69. The number of para-hydroxylation sites is 2. The minimum absolute atomic E-state index is 0.0671. The number of carbonyl (C=O) groups excluding carboxylic acids is 1. The number of aromatic nitrogens is 2. The first kappa shape index (κ1) is 20.2. The Hall–Kier alpha value is -2.08. The van der Waals surface area contributed by atoms with Gasteiger partial charge in [-0.2, -0.15) is 0 Å². The molecule has 0 saturated carbocycles. The van der Waals surface area contributed by atoms with Gasteiger partial charge >= 0.3 is 0 Å². The second kappa shape index (κ2) is 8.74. The molecule has 1 amide bonds. The first-order valence-electron chi connectivity index (χ1n) is 9.88. The minimum atomic E-state index is -0.364. The molecule has 1 aliphatic rings. The highest BCUT2D eigenvalue weighted by atomic mass is 35.5. The summed E-state index contributed by atoms with van der Waals surface area (Å²) in [5, 5.41) is 4.19. The topological polar surface area (TPSA) is 56.1 Å². The molecule has 29 heavy (non-hydrogen) atoms. The Morgan fingerprint density at radius 2 is 2.10 bits per heavy atom. The fourth-order valence-corrected chi connectivity index (χ4v) is 4.07. The average Bonchev–Trinajstić information content (AvgIpc) is 3.38. The molecule has 1 fully saturated rings. The van der Waals surface area contributed by atoms with Crippen LogP contribution in [0.15, 0.2) is 42.5 Å². The SMILES string of the molecule is CCC(NC(=O)C1CCCO1)c1nc2ccccc2n1Cc1ccc(Cl)c(Cl)c1. The lowest BCUT2D eigenvalue weighted by Gasteiger charge is -2.20. The summed E-state index contributed by atoms with van der Waals surface area (Å²) in [6.45, 7) is 3.27. The number of nitrogens with zero attached hydrogens (tertiary/aromatic N) is 2. The molecule has 152 valence electrons. The number of imidazole rings is 1. The van der Waals surface area contributed by atoms with Gasteiger partial charge in [-0.1, -0.05) is 48.3 Å². The number of nitrogens with one attached hydrogen (secondary N) is 1. The zero-order chi connectivity index (χ0) is 20.4. The predicted molar refractivity (Wildman–Crippen MR) is 115 cm³/mol. The lowest BCUT2D eigenvalue weighted by atomic mass is 10.1. The van der Waals surface area contributed by atoms with E-state index in [9.17, 15) is 4.79 Å². The maximum Gasteiger partial charge on any atom is 0.249 e. The highest BCUT2D eigenvalue weighted by Crippen LogP contribution is 2.27. The molecule has 2 aromatic carbocycles. The van der Waals surface area contributed by atoms with E-state index in [4.69, 9.17) is 32.9 Å². The summed E-state index contributed by atoms with van der Waals surface area (Å²) in [5.41, 5.74) is 2.93. The van der Waals surface area contributed by atoms with E-state index < -0.39 is 0 Å². The van der Waals surface area contributed by atoms with Crippen molar-refractivity contribution in [3.8, 4) is 0 Å². The minimum Gasteiger partial charge on any atom is -0.368 e. The molecule has 2 atom stereocenters. The van der Waals surface area contributed by atoms with E-state index in [0.717, 1.165) is 41.7 Å². The van der Waals surface area contributed by atoms with Crippen LogP contribution in [0.2, 0.25) is 10.0 Å². The lowest BCUT2D eigenvalue weighted by Crippen LogP contribution is -2.37. The molecule has 3 aromatic rings. The first-order chi connectivity index (χ1) is 14.1. The van der Waals surface area contributed by atoms with Gasteiger partial charge in [0.1, 0.15) is 11.9 Å². The van der Waals surface area contributed by atoms with E-state index in [-0.39, 0.29) is 18.1 Å². The van der Waals surface area contributed by atoms with Crippen molar-refractivity contribution in [3.63, 3.8) is 0 Å². The molecule has 1 N–H and O–H groups in total. The number of carbonyl (C=O) groups is 1. The second-order valence-corrected chi connectivity index (χ2v) is 8.08. The van der Waals surface area contributed by atoms with Crippen LogP contribution in [0.5, 0.6) is 0 Å². The van der Waals surface area contributed by atoms with E-state index in [1.807, 2.05) is 43.3 Å². The molecule has 2 heterocycles. The van der Waals surface area contributed by atoms with E-state index in [1.54, 1.807) is 6.07 Å². The van der Waals surface area contributed by atoms with Gasteiger partial charge in [0.15, 0.2) is 0 Å². The Morgan fingerprint density at radius 1 is 1.28 bits per heavy atom. The zero-order valence-electron chi connectivity index (χ0n) is 16.2. The van der Waals surface area contributed by atoms with Crippen LogP contribution in [0.4, 0.5) is 0 Å². The van der Waals surface area contributed by atoms with Crippen LogP contribution in [0, 0.1) is 0 Å². The molecule has 7 heteroatoms. The van der Waals surface area contributed by atoms with Crippen LogP contribution in [0.1, 0.15) is 43.6 Å². The van der Waals surface area contributed by atoms with E-state index in [0.29, 0.717) is 23.2 Å². The molecule has 5 nitrogen and oxygen atoms in total.